The van der Waals surface area contributed by atoms with Gasteiger partial charge in [0, 0.05) is 7.05 Å². The van der Waals surface area contributed by atoms with Crippen LogP contribution in [0.25, 0.3) is 6.08 Å². The van der Waals surface area contributed by atoms with Crippen LogP contribution in [-0.2, 0) is 4.79 Å². The van der Waals surface area contributed by atoms with Crippen molar-refractivity contribution in [3.8, 4) is 0 Å². The minimum Gasteiger partial charge on any atom is -0.545 e. The van der Waals surface area contributed by atoms with Gasteiger partial charge in [-0.15, -0.1) is 0 Å². The number of aliphatic imine (C=N–C) groups is 1. The maximum absolute atomic E-state index is 12.3. The Morgan fingerprint density at radius 2 is 1.92 bits per heavy atom. The molecule has 0 saturated carbocycles. The van der Waals surface area contributed by atoms with Gasteiger partial charge >= 0.3 is 0 Å². The van der Waals surface area contributed by atoms with Gasteiger partial charge in [-0.05, 0) is 41.1 Å². The molecule has 0 bridgehead atoms. The molecule has 5 nitrogen and oxygen atoms in total. The van der Waals surface area contributed by atoms with Crippen molar-refractivity contribution in [2.24, 2.45) is 4.99 Å². The van der Waals surface area contributed by atoms with E-state index in [2.05, 4.69) is 4.99 Å². The number of carbonyl (C=O) groups is 2. The molecule has 2 aromatic rings. The molecule has 1 fully saturated rings. The Kier molecular flexibility index (Phi) is 4.48. The summed E-state index contributed by atoms with van der Waals surface area (Å²) < 4.78 is 0. The molecule has 2 aromatic carbocycles. The highest BCUT2D eigenvalue weighted by molar-refractivity contribution is 8.18. The number of carboxylic acid groups (broad SMARTS) is 1. The highest BCUT2D eigenvalue weighted by Crippen LogP contribution is 2.33. The third-order valence-electron chi connectivity index (χ3n) is 3.41. The van der Waals surface area contributed by atoms with E-state index in [0.717, 1.165) is 5.56 Å². The smallest absolute Gasteiger partial charge is 0.266 e. The number of hydrogen-bond donors (Lipinski definition) is 0. The van der Waals surface area contributed by atoms with E-state index in [-0.39, 0.29) is 11.5 Å². The minimum absolute atomic E-state index is 0.0499. The van der Waals surface area contributed by atoms with Crippen molar-refractivity contribution < 1.29 is 14.7 Å². The second kappa shape index (κ2) is 6.72. The van der Waals surface area contributed by atoms with E-state index in [9.17, 15) is 14.7 Å². The van der Waals surface area contributed by atoms with Crippen LogP contribution in [0.15, 0.2) is 64.5 Å². The molecule has 1 aliphatic heterocycles. The molecule has 1 amide bonds. The highest BCUT2D eigenvalue weighted by Gasteiger charge is 2.30. The molecule has 0 spiro atoms. The fraction of sp³-hybridized carbons (Fsp3) is 0.0556. The zero-order chi connectivity index (χ0) is 17.1. The van der Waals surface area contributed by atoms with Crippen molar-refractivity contribution in [2.45, 2.75) is 0 Å². The predicted molar refractivity (Wildman–Crippen MR) is 92.6 cm³/mol. The molecule has 0 radical (unpaired) electrons. The highest BCUT2D eigenvalue weighted by atomic mass is 32.2. The molecular formula is C18H13N2O3S-. The Hall–Kier alpha value is -2.86. The van der Waals surface area contributed by atoms with Crippen LogP contribution in [0.5, 0.6) is 0 Å². The van der Waals surface area contributed by atoms with Crippen LogP contribution in [0.4, 0.5) is 5.69 Å². The number of nitrogens with zero attached hydrogens (tertiary/aromatic N) is 2. The Balaban J connectivity index is 1.90. The van der Waals surface area contributed by atoms with Crippen LogP contribution in [-0.4, -0.2) is 29.0 Å². The molecule has 0 aromatic heterocycles. The number of hydrogen-bond acceptors (Lipinski definition) is 5. The number of rotatable bonds is 3. The summed E-state index contributed by atoms with van der Waals surface area (Å²) in [5.41, 5.74) is 1.44. The van der Waals surface area contributed by atoms with Crippen LogP contribution in [0.3, 0.4) is 0 Å². The summed E-state index contributed by atoms with van der Waals surface area (Å²) in [4.78, 5) is 29.7. The van der Waals surface area contributed by atoms with Crippen molar-refractivity contribution in [1.82, 2.24) is 4.90 Å². The van der Waals surface area contributed by atoms with Crippen LogP contribution in [0, 0.1) is 0 Å². The van der Waals surface area contributed by atoms with Gasteiger partial charge in [0.25, 0.3) is 5.91 Å². The van der Waals surface area contributed by atoms with E-state index in [1.165, 1.54) is 28.8 Å². The van der Waals surface area contributed by atoms with Crippen LogP contribution >= 0.6 is 11.8 Å². The maximum Gasteiger partial charge on any atom is 0.266 e. The second-order valence-electron chi connectivity index (χ2n) is 5.12. The fourth-order valence-corrected chi connectivity index (χ4v) is 3.15. The zero-order valence-corrected chi connectivity index (χ0v) is 13.6. The third kappa shape index (κ3) is 3.38. The van der Waals surface area contributed by atoms with Gasteiger partial charge in [0.2, 0.25) is 0 Å². The van der Waals surface area contributed by atoms with Gasteiger partial charge in [0.05, 0.1) is 16.6 Å². The van der Waals surface area contributed by atoms with E-state index in [1.54, 1.807) is 19.2 Å². The van der Waals surface area contributed by atoms with Crippen LogP contribution < -0.4 is 5.11 Å². The van der Waals surface area contributed by atoms with Gasteiger partial charge < -0.3 is 9.90 Å². The summed E-state index contributed by atoms with van der Waals surface area (Å²) in [6, 6.07) is 15.7. The Morgan fingerprint density at radius 1 is 1.17 bits per heavy atom. The number of benzene rings is 2. The molecule has 1 aliphatic rings. The number of aromatic carboxylic acids is 1. The quantitative estimate of drug-likeness (QED) is 0.806. The number of carboxylic acids is 1. The zero-order valence-electron chi connectivity index (χ0n) is 12.8. The number of amidine groups is 1. The van der Waals surface area contributed by atoms with Crippen LogP contribution in [0.1, 0.15) is 15.9 Å². The Morgan fingerprint density at radius 3 is 2.62 bits per heavy atom. The standard InChI is InChI=1S/C18H14N2O3S/c1-20-16(21)15(10-12-6-3-2-4-7-12)24-18(20)19-14-9-5-8-13(11-14)17(22)23/h2-11H,1H3,(H,22,23)/p-1/b15-10-,19-18?. The molecule has 0 unspecified atom stereocenters. The van der Waals surface area contributed by atoms with E-state index < -0.39 is 5.97 Å². The lowest BCUT2D eigenvalue weighted by atomic mass is 10.2. The molecule has 0 aliphatic carbocycles. The normalized spacial score (nSPS) is 17.7. The van der Waals surface area contributed by atoms with E-state index in [1.807, 2.05) is 36.4 Å². The van der Waals surface area contributed by atoms with Gasteiger partial charge in [-0.1, -0.05) is 42.5 Å². The third-order valence-corrected chi connectivity index (χ3v) is 4.47. The van der Waals surface area contributed by atoms with Gasteiger partial charge in [-0.2, -0.15) is 0 Å². The molecule has 3 rings (SSSR count). The number of likely N-dealkylation sites (N-methyl/N-ethyl adjacent to an activating group) is 1. The Labute approximate surface area is 143 Å². The molecule has 24 heavy (non-hydrogen) atoms. The van der Waals surface area contributed by atoms with Crippen LogP contribution in [0.2, 0.25) is 0 Å². The molecule has 0 N–H and O–H groups in total. The Bertz CT molecular complexity index is 860. The summed E-state index contributed by atoms with van der Waals surface area (Å²) in [7, 11) is 1.64. The van der Waals surface area contributed by atoms with E-state index in [4.69, 9.17) is 0 Å². The number of thioether (sulfide) groups is 1. The van der Waals surface area contributed by atoms with E-state index in [0.29, 0.717) is 15.8 Å². The summed E-state index contributed by atoms with van der Waals surface area (Å²) >= 11 is 1.26. The summed E-state index contributed by atoms with van der Waals surface area (Å²) in [5.74, 6) is -1.40. The first-order chi connectivity index (χ1) is 11.5. The summed E-state index contributed by atoms with van der Waals surface area (Å²) in [6.07, 6.45) is 1.81. The van der Waals surface area contributed by atoms with Crippen molar-refractivity contribution >= 4 is 40.6 Å². The van der Waals surface area contributed by atoms with Crippen molar-refractivity contribution in [1.29, 1.82) is 0 Å². The monoisotopic (exact) mass is 337 g/mol. The lowest BCUT2D eigenvalue weighted by Crippen LogP contribution is -2.23. The molecular weight excluding hydrogens is 324 g/mol. The summed E-state index contributed by atoms with van der Waals surface area (Å²) in [5, 5.41) is 11.4. The molecule has 6 heteroatoms. The first-order valence-electron chi connectivity index (χ1n) is 7.17. The average Bonchev–Trinajstić information content (AvgIpc) is 2.84. The average molecular weight is 337 g/mol. The van der Waals surface area contributed by atoms with Gasteiger partial charge in [-0.25, -0.2) is 4.99 Å². The summed E-state index contributed by atoms with van der Waals surface area (Å²) in [6.45, 7) is 0. The van der Waals surface area contributed by atoms with Crippen molar-refractivity contribution in [3.63, 3.8) is 0 Å². The van der Waals surface area contributed by atoms with Crippen molar-refractivity contribution in [3.05, 3.63) is 70.6 Å². The SMILES string of the molecule is CN1C(=O)/C(=C/c2ccccc2)SC1=Nc1cccc(C(=O)[O-])c1. The predicted octanol–water partition coefficient (Wildman–Crippen LogP) is 2.28. The number of amides is 1. The van der Waals surface area contributed by atoms with E-state index >= 15 is 0 Å². The first-order valence-corrected chi connectivity index (χ1v) is 7.99. The van der Waals surface area contributed by atoms with Gasteiger partial charge in [0.15, 0.2) is 5.17 Å². The lowest BCUT2D eigenvalue weighted by molar-refractivity contribution is -0.255. The first kappa shape index (κ1) is 16.0. The largest absolute Gasteiger partial charge is 0.545 e. The topological polar surface area (TPSA) is 72.8 Å². The number of carbonyl (C=O) groups excluding carboxylic acids is 2. The van der Waals surface area contributed by atoms with Gasteiger partial charge in [0.1, 0.15) is 0 Å². The van der Waals surface area contributed by atoms with Crippen molar-refractivity contribution in [2.75, 3.05) is 7.05 Å². The minimum atomic E-state index is -1.26. The molecule has 0 atom stereocenters. The van der Waals surface area contributed by atoms with Gasteiger partial charge in [-0.3, -0.25) is 9.69 Å². The maximum atomic E-state index is 12.3. The fourth-order valence-electron chi connectivity index (χ4n) is 2.17. The molecule has 120 valence electrons. The lowest BCUT2D eigenvalue weighted by Gasteiger charge is -2.08. The molecule has 1 saturated heterocycles. The molecule has 1 heterocycles. The second-order valence-corrected chi connectivity index (χ2v) is 6.13.